The molecular weight excluding hydrogens is 1230 g/mol. The van der Waals surface area contributed by atoms with Gasteiger partial charge in [-0.1, -0.05) is 103 Å². The molecule has 8 rings (SSSR count). The van der Waals surface area contributed by atoms with Gasteiger partial charge in [0.25, 0.3) is 0 Å². The van der Waals surface area contributed by atoms with Gasteiger partial charge in [0, 0.05) is 84.4 Å². The largest absolute Gasteiger partial charge is 0.504 e. The first kappa shape index (κ1) is 71.0. The minimum atomic E-state index is -0.866. The lowest BCUT2D eigenvalue weighted by Gasteiger charge is -2.22. The normalized spacial score (nSPS) is 15.3. The fraction of sp³-hybridized carbons (Fsp3) is 0.500. The Morgan fingerprint density at radius 2 is 0.611 bits per heavy atom. The second kappa shape index (κ2) is 35.9. The first-order chi connectivity index (χ1) is 43.4. The number of ether oxygens (including phenoxy) is 2. The first-order valence-corrected chi connectivity index (χ1v) is 31.9. The summed E-state index contributed by atoms with van der Waals surface area (Å²) in [5.74, 6) is -4.42. The predicted molar refractivity (Wildman–Crippen MR) is 349 cm³/mol. The average Bonchev–Trinajstić information content (AvgIpc) is 1.55. The highest BCUT2D eigenvalue weighted by atomic mass is 79.9. The van der Waals surface area contributed by atoms with Gasteiger partial charge in [-0.15, -0.1) is 0 Å². The predicted octanol–water partition coefficient (Wildman–Crippen LogP) is 15.2. The number of nitro groups is 4. The molecule has 2 aromatic heterocycles. The maximum atomic E-state index is 11.8. The average molecular weight is 1310 g/mol. The molecule has 0 unspecified atom stereocenters. The van der Waals surface area contributed by atoms with E-state index in [1.165, 1.54) is 179 Å². The number of phenolic OH excluding ortho intramolecular Hbond substituents is 6. The summed E-state index contributed by atoms with van der Waals surface area (Å²) in [4.78, 5) is 48.7. The second-order valence-electron chi connectivity index (χ2n) is 23.0. The molecule has 0 saturated carbocycles. The lowest BCUT2D eigenvalue weighted by atomic mass is 9.97. The number of nitro benzene ring substituents is 4. The third-order valence-corrected chi connectivity index (χ3v) is 16.7. The van der Waals surface area contributed by atoms with Gasteiger partial charge in [0.2, 0.25) is 23.0 Å². The highest BCUT2D eigenvalue weighted by Gasteiger charge is 2.28. The lowest BCUT2D eigenvalue weighted by Crippen LogP contribution is -2.28. The Balaban J connectivity index is 0.000000279. The molecule has 0 bridgehead atoms. The fourth-order valence-corrected chi connectivity index (χ4v) is 11.9. The summed E-state index contributed by atoms with van der Waals surface area (Å²) in [6.07, 6.45) is 34.3. The van der Waals surface area contributed by atoms with Crippen LogP contribution in [0.2, 0.25) is 0 Å². The fourth-order valence-electron chi connectivity index (χ4n) is 11.9. The standard InChI is InChI=1S/C33H44N4O8.C31H40N4O8.BBr/c1-44-30-20-24(18-28(32(30)38)36(40)41)26-22-35(23-27(26)25-19-29(37(42)43)33(39)31(21-25)45-2)17-13-16-34-14-11-9-7-5-3-4-6-8-10-12-15-34;36-28-18-22(16-26(30(28)38)34(40)41)24-20-33(21-25(24)23-17-27(35(42)43)31(39)29(37)19-23)15-11-14-32-12-9-7-5-3-1-2-4-6-8-10-13-32;1-2/h18-23,38-39H,3-17H2,1-2H3;16-21,36-39H,1-15H2;. The molecule has 0 spiro atoms. The van der Waals surface area contributed by atoms with E-state index in [-0.39, 0.29) is 22.6 Å². The van der Waals surface area contributed by atoms with E-state index in [0.29, 0.717) is 46.5 Å². The SMILES string of the molecule is COc1cc(-c2cn(CCCN3CCCCCCCCCCCC3)cc2-c2cc(OC)c(O)c([N+](=O)[O-])c2)cc([N+](=O)[O-])c1O.O=[N+]([O-])c1cc(-c2cn(CCCN3CCCCCCCCCCCC3)cc2-c2cc(O)c(O)c([N+](=O)[O-])c2)cc(O)c1O.[B]Br. The van der Waals surface area contributed by atoms with Crippen LogP contribution in [0.15, 0.2) is 73.3 Å². The minimum Gasteiger partial charge on any atom is -0.504 e. The summed E-state index contributed by atoms with van der Waals surface area (Å²) in [7, 11) is 2.62. The number of aromatic nitrogens is 2. The van der Waals surface area contributed by atoms with Gasteiger partial charge in [0.15, 0.2) is 29.7 Å². The van der Waals surface area contributed by atoms with Crippen molar-refractivity contribution >= 4 is 45.2 Å². The number of halogens is 1. The van der Waals surface area contributed by atoms with Crippen LogP contribution in [0.1, 0.15) is 141 Å². The van der Waals surface area contributed by atoms with E-state index in [1.807, 2.05) is 21.5 Å². The molecule has 6 N–H and O–H groups in total. The Hall–Kier alpha value is -8.10. The number of benzene rings is 4. The number of aromatic hydroxyl groups is 6. The van der Waals surface area contributed by atoms with E-state index in [2.05, 4.69) is 32.2 Å². The monoisotopic (exact) mass is 1310 g/mol. The quantitative estimate of drug-likeness (QED) is 0.0201. The van der Waals surface area contributed by atoms with Gasteiger partial charge < -0.3 is 59.0 Å². The molecule has 0 amide bonds. The van der Waals surface area contributed by atoms with Gasteiger partial charge in [0.05, 0.1) is 33.9 Å². The Labute approximate surface area is 533 Å². The molecule has 2 aliphatic rings. The van der Waals surface area contributed by atoms with Crippen LogP contribution in [0.3, 0.4) is 0 Å². The summed E-state index contributed by atoms with van der Waals surface area (Å²) in [6.45, 7) is 11.6. The molecule has 0 aliphatic carbocycles. The second-order valence-corrected chi connectivity index (χ2v) is 23.0. The van der Waals surface area contributed by atoms with E-state index in [0.717, 1.165) is 64.2 Å². The van der Waals surface area contributed by atoms with Crippen LogP contribution in [-0.4, -0.2) is 129 Å². The number of nitrogens with zero attached hydrogens (tertiary/aromatic N) is 8. The molecular formula is C64H84BBrN8O16. The zero-order valence-corrected chi connectivity index (χ0v) is 53.0. The van der Waals surface area contributed by atoms with Gasteiger partial charge in [-0.3, -0.25) is 40.5 Å². The molecule has 90 heavy (non-hydrogen) atoms. The van der Waals surface area contributed by atoms with E-state index >= 15 is 0 Å². The summed E-state index contributed by atoms with van der Waals surface area (Å²) in [6, 6.07) is 10.1. The van der Waals surface area contributed by atoms with Crippen molar-refractivity contribution in [3.05, 3.63) is 114 Å². The van der Waals surface area contributed by atoms with Crippen LogP contribution >= 0.6 is 15.8 Å². The number of hydrogen-bond donors (Lipinski definition) is 6. The summed E-state index contributed by atoms with van der Waals surface area (Å²) < 4.78 is 14.3. The maximum absolute atomic E-state index is 11.8. The Bertz CT molecular complexity index is 3160. The first-order valence-electron chi connectivity index (χ1n) is 31.0. The van der Waals surface area contributed by atoms with E-state index in [1.54, 1.807) is 12.4 Å². The van der Waals surface area contributed by atoms with Crippen molar-refractivity contribution in [3.8, 4) is 90.5 Å². The number of phenols is 6. The Morgan fingerprint density at radius 3 is 0.856 bits per heavy atom. The van der Waals surface area contributed by atoms with Crippen LogP contribution < -0.4 is 9.47 Å². The third kappa shape index (κ3) is 20.0. The summed E-state index contributed by atoms with van der Waals surface area (Å²) >= 11 is 2.44. The molecule has 486 valence electrons. The molecule has 4 heterocycles. The van der Waals surface area contributed by atoms with E-state index in [9.17, 15) is 71.1 Å². The van der Waals surface area contributed by atoms with Gasteiger partial charge in [0.1, 0.15) is 0 Å². The van der Waals surface area contributed by atoms with Crippen LogP contribution in [0, 0.1) is 40.5 Å². The molecule has 6 aromatic rings. The molecule has 2 fully saturated rings. The maximum Gasteiger partial charge on any atom is 0.315 e. The number of rotatable bonds is 18. The minimum absolute atomic E-state index is 0.0711. The highest BCUT2D eigenvalue weighted by Crippen LogP contribution is 2.48. The van der Waals surface area contributed by atoms with Crippen molar-refractivity contribution in [2.45, 2.75) is 154 Å². The van der Waals surface area contributed by atoms with Crippen molar-refractivity contribution in [3.63, 3.8) is 0 Å². The highest BCUT2D eigenvalue weighted by molar-refractivity contribution is 9.22. The number of methoxy groups -OCH3 is 2. The van der Waals surface area contributed by atoms with Crippen molar-refractivity contribution in [1.29, 1.82) is 0 Å². The smallest absolute Gasteiger partial charge is 0.315 e. The van der Waals surface area contributed by atoms with Crippen molar-refractivity contribution < 1.29 is 59.8 Å². The molecule has 4 aromatic carbocycles. The lowest BCUT2D eigenvalue weighted by molar-refractivity contribution is -0.386. The molecule has 0 atom stereocenters. The zero-order valence-electron chi connectivity index (χ0n) is 51.4. The molecule has 24 nitrogen and oxygen atoms in total. The van der Waals surface area contributed by atoms with Crippen LogP contribution in [0.5, 0.6) is 46.0 Å². The van der Waals surface area contributed by atoms with Gasteiger partial charge >= 0.3 is 22.7 Å². The van der Waals surface area contributed by atoms with E-state index < -0.39 is 76.9 Å². The molecule has 2 radical (unpaired) electrons. The number of aryl methyl sites for hydroxylation is 2. The Morgan fingerprint density at radius 1 is 0.378 bits per heavy atom. The van der Waals surface area contributed by atoms with Crippen molar-refractivity contribution in [2.24, 2.45) is 0 Å². The summed E-state index contributed by atoms with van der Waals surface area (Å²) in [5.41, 5.74) is 0.597. The van der Waals surface area contributed by atoms with Gasteiger partial charge in [-0.2, -0.15) is 15.8 Å². The zero-order chi connectivity index (χ0) is 65.3. The molecule has 2 saturated heterocycles. The summed E-state index contributed by atoms with van der Waals surface area (Å²) in [5, 5.41) is 108. The van der Waals surface area contributed by atoms with Gasteiger partial charge in [-0.05, 0) is 124 Å². The topological polar surface area (TPSA) is 329 Å². The van der Waals surface area contributed by atoms with Gasteiger partial charge in [-0.25, -0.2) is 0 Å². The third-order valence-electron chi connectivity index (χ3n) is 16.7. The molecule has 26 heteroatoms. The van der Waals surface area contributed by atoms with Crippen molar-refractivity contribution in [1.82, 2.24) is 18.9 Å². The molecule has 2 aliphatic heterocycles. The number of hydrogen-bond acceptors (Lipinski definition) is 18. The van der Waals surface area contributed by atoms with Crippen LogP contribution in [-0.2, 0) is 13.1 Å². The van der Waals surface area contributed by atoms with E-state index in [4.69, 9.17) is 9.47 Å². The van der Waals surface area contributed by atoms with Crippen LogP contribution in [0.25, 0.3) is 44.5 Å². The van der Waals surface area contributed by atoms with Crippen molar-refractivity contribution in [2.75, 3.05) is 53.5 Å². The van der Waals surface area contributed by atoms with Crippen LogP contribution in [0.4, 0.5) is 22.7 Å². The Kier molecular flexibility index (Phi) is 28.3.